The summed E-state index contributed by atoms with van der Waals surface area (Å²) in [6, 6.07) is 1.11. The third-order valence-corrected chi connectivity index (χ3v) is 2.34. The summed E-state index contributed by atoms with van der Waals surface area (Å²) in [5.74, 6) is -5.64. The number of hydrogen-bond acceptors (Lipinski definition) is 5. The lowest BCUT2D eigenvalue weighted by atomic mass is 10.0. The van der Waals surface area contributed by atoms with Gasteiger partial charge in [-0.2, -0.15) is 0 Å². The molecule has 4 N–H and O–H groups in total. The zero-order chi connectivity index (χ0) is 14.7. The highest BCUT2D eigenvalue weighted by atomic mass is 31.1. The van der Waals surface area contributed by atoms with Crippen molar-refractivity contribution in [3.8, 4) is 5.75 Å². The summed E-state index contributed by atoms with van der Waals surface area (Å²) in [7, 11) is -3.23. The normalized spacial score (nSPS) is 10.7. The lowest BCUT2D eigenvalue weighted by molar-refractivity contribution is 0.0648. The molecule has 9 nitrogen and oxygen atoms in total. The molecule has 0 aliphatic heterocycles. The molecule has 0 radical (unpaired) electrons. The summed E-state index contributed by atoms with van der Waals surface area (Å²) in [4.78, 5) is 41.1. The quantitative estimate of drug-likeness (QED) is 0.575. The van der Waals surface area contributed by atoms with Gasteiger partial charge in [0.25, 0.3) is 0 Å². The summed E-state index contributed by atoms with van der Waals surface area (Å²) in [6.45, 7) is 0. The number of hydrogen-bond donors (Lipinski definition) is 4. The standard InChI is InChI=1S/C9H5O9P/c10-7(11)3-1-5(9(14)15)6(18-19(16)17)2-4(3)8(12)13/h1-2H,(H3-,10,11,12,13,14,15,16,17)/p+1. The van der Waals surface area contributed by atoms with Gasteiger partial charge in [-0.1, -0.05) is 0 Å². The monoisotopic (exact) mass is 289 g/mol. The first-order chi connectivity index (χ1) is 8.73. The molecule has 1 rings (SSSR count). The van der Waals surface area contributed by atoms with Crippen molar-refractivity contribution in [3.63, 3.8) is 0 Å². The molecule has 0 spiro atoms. The maximum Gasteiger partial charge on any atom is 0.747 e. The van der Waals surface area contributed by atoms with E-state index in [9.17, 15) is 18.9 Å². The lowest BCUT2D eigenvalue weighted by Gasteiger charge is -2.05. The molecule has 1 atom stereocenters. The van der Waals surface area contributed by atoms with Crippen LogP contribution in [-0.2, 0) is 4.57 Å². The van der Waals surface area contributed by atoms with Crippen molar-refractivity contribution >= 4 is 26.2 Å². The van der Waals surface area contributed by atoms with E-state index in [1.54, 1.807) is 0 Å². The SMILES string of the molecule is O=C(O)c1cc(C(=O)O)c(C(=O)O)cc1O[P+](=O)O. The topological polar surface area (TPSA) is 158 Å². The van der Waals surface area contributed by atoms with E-state index in [0.29, 0.717) is 12.1 Å². The molecule has 0 saturated heterocycles. The Bertz CT molecular complexity index is 592. The van der Waals surface area contributed by atoms with Gasteiger partial charge in [-0.3, -0.25) is 0 Å². The van der Waals surface area contributed by atoms with Gasteiger partial charge in [0.05, 0.1) is 11.1 Å². The number of carboxylic acids is 3. The Morgan fingerprint density at radius 1 is 0.895 bits per heavy atom. The highest BCUT2D eigenvalue weighted by molar-refractivity contribution is 7.32. The third kappa shape index (κ3) is 3.24. The van der Waals surface area contributed by atoms with Crippen LogP contribution in [-0.4, -0.2) is 38.1 Å². The number of carbonyl (C=O) groups is 3. The molecule has 1 unspecified atom stereocenters. The fourth-order valence-corrected chi connectivity index (χ4v) is 1.58. The Kier molecular flexibility index (Phi) is 4.15. The molecule has 0 aliphatic rings. The van der Waals surface area contributed by atoms with Crippen LogP contribution in [0.25, 0.3) is 0 Å². The first-order valence-corrected chi connectivity index (χ1v) is 5.59. The Morgan fingerprint density at radius 3 is 1.68 bits per heavy atom. The van der Waals surface area contributed by atoms with Crippen LogP contribution in [0.5, 0.6) is 5.75 Å². The third-order valence-electron chi connectivity index (χ3n) is 1.99. The van der Waals surface area contributed by atoms with Crippen LogP contribution in [0.3, 0.4) is 0 Å². The molecule has 100 valence electrons. The van der Waals surface area contributed by atoms with Crippen molar-refractivity contribution in [1.82, 2.24) is 0 Å². The van der Waals surface area contributed by atoms with Crippen LogP contribution < -0.4 is 4.52 Å². The summed E-state index contributed by atoms with van der Waals surface area (Å²) < 4.78 is 14.8. The molecule has 1 aromatic carbocycles. The van der Waals surface area contributed by atoms with E-state index < -0.39 is 48.6 Å². The van der Waals surface area contributed by atoms with E-state index in [2.05, 4.69) is 4.52 Å². The summed E-state index contributed by atoms with van der Waals surface area (Å²) in [5.41, 5.74) is -2.27. The molecular formula is C9H6O9P+. The smallest absolute Gasteiger partial charge is 0.478 e. The first kappa shape index (κ1) is 14.6. The number of carboxylic acid groups (broad SMARTS) is 3. The molecule has 0 saturated carbocycles. The lowest BCUT2D eigenvalue weighted by Crippen LogP contribution is -2.11. The van der Waals surface area contributed by atoms with Gasteiger partial charge in [0.1, 0.15) is 5.56 Å². The second kappa shape index (κ2) is 5.42. The number of benzene rings is 1. The predicted octanol–water partition coefficient (Wildman–Crippen LogP) is 0.810. The van der Waals surface area contributed by atoms with E-state index >= 15 is 0 Å². The van der Waals surface area contributed by atoms with Gasteiger partial charge in [-0.15, -0.1) is 4.89 Å². The fourth-order valence-electron chi connectivity index (χ4n) is 1.26. The average Bonchev–Trinajstić information content (AvgIpc) is 2.26. The van der Waals surface area contributed by atoms with Gasteiger partial charge in [0.2, 0.25) is 5.75 Å². The Hall–Kier alpha value is -2.51. The van der Waals surface area contributed by atoms with Gasteiger partial charge < -0.3 is 15.3 Å². The summed E-state index contributed by atoms with van der Waals surface area (Å²) in [5, 5.41) is 26.4. The van der Waals surface area contributed by atoms with E-state index in [-0.39, 0.29) is 0 Å². The van der Waals surface area contributed by atoms with Crippen molar-refractivity contribution in [2.24, 2.45) is 0 Å². The molecule has 0 amide bonds. The van der Waals surface area contributed by atoms with Gasteiger partial charge in [-0.05, 0) is 6.07 Å². The maximum atomic E-state index is 10.9. The van der Waals surface area contributed by atoms with Gasteiger partial charge in [0.15, 0.2) is 0 Å². The van der Waals surface area contributed by atoms with Gasteiger partial charge in [-0.25, -0.2) is 18.9 Å². The molecule has 10 heteroatoms. The van der Waals surface area contributed by atoms with Crippen LogP contribution in [0.15, 0.2) is 12.1 Å². The highest BCUT2D eigenvalue weighted by Crippen LogP contribution is 2.30. The molecule has 1 aromatic rings. The fraction of sp³-hybridized carbons (Fsp3) is 0. The van der Waals surface area contributed by atoms with E-state index in [0.717, 1.165) is 0 Å². The Balaban J connectivity index is 3.59. The second-order valence-corrected chi connectivity index (χ2v) is 3.80. The number of rotatable bonds is 5. The van der Waals surface area contributed by atoms with Crippen LogP contribution in [0.1, 0.15) is 31.1 Å². The predicted molar refractivity (Wildman–Crippen MR) is 57.8 cm³/mol. The van der Waals surface area contributed by atoms with Crippen molar-refractivity contribution in [2.45, 2.75) is 0 Å². The number of aromatic carboxylic acids is 3. The second-order valence-electron chi connectivity index (χ2n) is 3.14. The van der Waals surface area contributed by atoms with Crippen molar-refractivity contribution in [2.75, 3.05) is 0 Å². The highest BCUT2D eigenvalue weighted by Gasteiger charge is 2.27. The minimum Gasteiger partial charge on any atom is -0.478 e. The minimum absolute atomic E-state index is 0.544. The summed E-state index contributed by atoms with van der Waals surface area (Å²) >= 11 is 0. The average molecular weight is 289 g/mol. The summed E-state index contributed by atoms with van der Waals surface area (Å²) in [6.07, 6.45) is 0. The van der Waals surface area contributed by atoms with Crippen molar-refractivity contribution in [3.05, 3.63) is 28.8 Å². The molecule has 0 bridgehead atoms. The molecule has 0 heterocycles. The van der Waals surface area contributed by atoms with Crippen molar-refractivity contribution in [1.29, 1.82) is 0 Å². The van der Waals surface area contributed by atoms with E-state index in [1.165, 1.54) is 0 Å². The maximum absolute atomic E-state index is 10.9. The van der Waals surface area contributed by atoms with Gasteiger partial charge >= 0.3 is 26.2 Å². The van der Waals surface area contributed by atoms with Crippen molar-refractivity contribution < 1.29 is 43.7 Å². The minimum atomic E-state index is -3.23. The zero-order valence-corrected chi connectivity index (χ0v) is 9.83. The molecule has 19 heavy (non-hydrogen) atoms. The molecule has 0 aliphatic carbocycles. The zero-order valence-electron chi connectivity index (χ0n) is 8.93. The Labute approximate surface area is 105 Å². The van der Waals surface area contributed by atoms with Crippen LogP contribution in [0.2, 0.25) is 0 Å². The molecule has 0 fully saturated rings. The molecular weight excluding hydrogens is 283 g/mol. The van der Waals surface area contributed by atoms with Crippen LogP contribution in [0.4, 0.5) is 0 Å². The Morgan fingerprint density at radius 2 is 1.32 bits per heavy atom. The van der Waals surface area contributed by atoms with Gasteiger partial charge in [0, 0.05) is 10.6 Å². The van der Waals surface area contributed by atoms with E-state index in [4.69, 9.17) is 20.2 Å². The molecule has 0 aromatic heterocycles. The first-order valence-electron chi connectivity index (χ1n) is 4.46. The largest absolute Gasteiger partial charge is 0.747 e. The van der Waals surface area contributed by atoms with Crippen LogP contribution in [0, 0.1) is 0 Å². The van der Waals surface area contributed by atoms with Crippen LogP contribution >= 0.6 is 8.25 Å². The van der Waals surface area contributed by atoms with E-state index in [1.807, 2.05) is 0 Å².